The maximum Gasteiger partial charge on any atom is 0.309 e. The first-order valence-electron chi connectivity index (χ1n) is 12.1. The van der Waals surface area contributed by atoms with Crippen LogP contribution in [0.25, 0.3) is 0 Å². The van der Waals surface area contributed by atoms with E-state index in [1.54, 1.807) is 0 Å². The number of carbonyl (C=O) groups is 1. The third-order valence-electron chi connectivity index (χ3n) is 6.99. The zero-order valence-corrected chi connectivity index (χ0v) is 20.2. The minimum Gasteiger partial charge on any atom is -0.491 e. The Hall–Kier alpha value is -3.58. The molecule has 36 heavy (non-hydrogen) atoms. The van der Waals surface area contributed by atoms with E-state index in [0.717, 1.165) is 11.1 Å². The molecule has 0 aromatic heterocycles. The van der Waals surface area contributed by atoms with E-state index in [0.29, 0.717) is 30.3 Å². The number of carboxylic acids is 1. The fourth-order valence-electron chi connectivity index (χ4n) is 5.02. The van der Waals surface area contributed by atoms with Gasteiger partial charge in [-0.15, -0.1) is 0 Å². The summed E-state index contributed by atoms with van der Waals surface area (Å²) < 4.78 is 37.9. The maximum atomic E-state index is 13.3. The molecule has 6 nitrogen and oxygen atoms in total. The Morgan fingerprint density at radius 2 is 1.75 bits per heavy atom. The Labute approximate surface area is 209 Å². The number of halogens is 1. The van der Waals surface area contributed by atoms with E-state index in [9.17, 15) is 14.3 Å². The van der Waals surface area contributed by atoms with E-state index in [-0.39, 0.29) is 24.4 Å². The lowest BCUT2D eigenvalue weighted by atomic mass is 9.72. The second-order valence-corrected chi connectivity index (χ2v) is 9.83. The number of ether oxygens (including phenoxy) is 4. The molecule has 2 aliphatic rings. The van der Waals surface area contributed by atoms with Crippen LogP contribution in [-0.2, 0) is 16.1 Å². The third kappa shape index (κ3) is 5.02. The van der Waals surface area contributed by atoms with E-state index in [4.69, 9.17) is 18.9 Å². The SMILES string of the molecule is CC1(C)Oc2ccc(OCc3ccccc3)cc2[C@H]2O[C@@H](COc3ccc(F)cc3)[C@@H](C(=O)O)C[C@@H]21. The van der Waals surface area contributed by atoms with Crippen LogP contribution in [0.1, 0.15) is 37.5 Å². The van der Waals surface area contributed by atoms with E-state index in [1.807, 2.05) is 62.4 Å². The van der Waals surface area contributed by atoms with Gasteiger partial charge in [0.1, 0.15) is 48.0 Å². The first kappa shape index (κ1) is 24.1. The molecule has 0 spiro atoms. The monoisotopic (exact) mass is 492 g/mol. The lowest BCUT2D eigenvalue weighted by Crippen LogP contribution is -2.53. The van der Waals surface area contributed by atoms with Crippen molar-refractivity contribution in [2.24, 2.45) is 11.8 Å². The predicted octanol–water partition coefficient (Wildman–Crippen LogP) is 5.80. The van der Waals surface area contributed by atoms with Crippen LogP contribution in [0.5, 0.6) is 17.2 Å². The van der Waals surface area contributed by atoms with Gasteiger partial charge >= 0.3 is 5.97 Å². The summed E-state index contributed by atoms with van der Waals surface area (Å²) >= 11 is 0. The predicted molar refractivity (Wildman–Crippen MR) is 131 cm³/mol. The summed E-state index contributed by atoms with van der Waals surface area (Å²) in [6.45, 7) is 4.39. The molecule has 4 atom stereocenters. The number of aliphatic carboxylic acids is 1. The van der Waals surface area contributed by atoms with Gasteiger partial charge < -0.3 is 24.1 Å². The van der Waals surface area contributed by atoms with Crippen molar-refractivity contribution >= 4 is 5.97 Å². The van der Waals surface area contributed by atoms with Crippen LogP contribution in [0.2, 0.25) is 0 Å². The molecular weight excluding hydrogens is 463 g/mol. The number of hydrogen-bond acceptors (Lipinski definition) is 5. The quantitative estimate of drug-likeness (QED) is 0.449. The number of rotatable bonds is 7. The van der Waals surface area contributed by atoms with Crippen LogP contribution in [-0.4, -0.2) is 29.4 Å². The zero-order valence-electron chi connectivity index (χ0n) is 20.2. The summed E-state index contributed by atoms with van der Waals surface area (Å²) in [6.07, 6.45) is -0.704. The van der Waals surface area contributed by atoms with Crippen molar-refractivity contribution in [2.45, 2.75) is 44.7 Å². The highest BCUT2D eigenvalue weighted by Crippen LogP contribution is 2.52. The number of fused-ring (bicyclic) bond motifs is 3. The first-order chi connectivity index (χ1) is 17.3. The number of carboxylic acid groups (broad SMARTS) is 1. The molecule has 0 aliphatic carbocycles. The molecule has 0 bridgehead atoms. The van der Waals surface area contributed by atoms with Crippen molar-refractivity contribution in [3.63, 3.8) is 0 Å². The zero-order chi connectivity index (χ0) is 25.3. The van der Waals surface area contributed by atoms with Crippen LogP contribution >= 0.6 is 0 Å². The van der Waals surface area contributed by atoms with Gasteiger partial charge in [0, 0.05) is 11.5 Å². The Morgan fingerprint density at radius 3 is 2.47 bits per heavy atom. The van der Waals surface area contributed by atoms with Crippen LogP contribution in [0.15, 0.2) is 72.8 Å². The van der Waals surface area contributed by atoms with Crippen LogP contribution in [0.3, 0.4) is 0 Å². The lowest BCUT2D eigenvalue weighted by molar-refractivity contribution is -0.192. The highest BCUT2D eigenvalue weighted by Gasteiger charge is 2.52. The Balaban J connectivity index is 1.39. The van der Waals surface area contributed by atoms with Crippen molar-refractivity contribution in [3.05, 3.63) is 89.7 Å². The molecule has 1 saturated heterocycles. The average Bonchev–Trinajstić information content (AvgIpc) is 2.87. The summed E-state index contributed by atoms with van der Waals surface area (Å²) in [7, 11) is 0. The van der Waals surface area contributed by atoms with Crippen LogP contribution < -0.4 is 14.2 Å². The third-order valence-corrected chi connectivity index (χ3v) is 6.99. The van der Waals surface area contributed by atoms with Gasteiger partial charge in [0.15, 0.2) is 0 Å². The number of benzene rings is 3. The van der Waals surface area contributed by atoms with Gasteiger partial charge in [-0.1, -0.05) is 30.3 Å². The Bertz CT molecular complexity index is 1210. The van der Waals surface area contributed by atoms with Crippen molar-refractivity contribution in [1.82, 2.24) is 0 Å². The van der Waals surface area contributed by atoms with E-state index in [2.05, 4.69) is 0 Å². The molecule has 0 radical (unpaired) electrons. The van der Waals surface area contributed by atoms with Gasteiger partial charge in [0.25, 0.3) is 0 Å². The second kappa shape index (κ2) is 9.82. The van der Waals surface area contributed by atoms with E-state index >= 15 is 0 Å². The van der Waals surface area contributed by atoms with Gasteiger partial charge in [-0.25, -0.2) is 4.39 Å². The summed E-state index contributed by atoms with van der Waals surface area (Å²) in [6, 6.07) is 21.2. The summed E-state index contributed by atoms with van der Waals surface area (Å²) in [5.74, 6) is -0.429. The Kier molecular flexibility index (Phi) is 6.58. The van der Waals surface area contributed by atoms with Crippen LogP contribution in [0, 0.1) is 17.7 Å². The second-order valence-electron chi connectivity index (χ2n) is 9.83. The molecule has 0 unspecified atom stereocenters. The first-order valence-corrected chi connectivity index (χ1v) is 12.1. The summed E-state index contributed by atoms with van der Waals surface area (Å²) in [4.78, 5) is 12.2. The summed E-state index contributed by atoms with van der Waals surface area (Å²) in [5, 5.41) is 9.97. The number of hydrogen-bond donors (Lipinski definition) is 1. The van der Waals surface area contributed by atoms with Crippen molar-refractivity contribution < 1.29 is 33.2 Å². The molecule has 2 aliphatic heterocycles. The van der Waals surface area contributed by atoms with E-state index in [1.165, 1.54) is 24.3 Å². The fourth-order valence-corrected chi connectivity index (χ4v) is 5.02. The smallest absolute Gasteiger partial charge is 0.309 e. The van der Waals surface area contributed by atoms with Gasteiger partial charge in [-0.05, 0) is 68.3 Å². The molecule has 1 N–H and O–H groups in total. The standard InChI is InChI=1S/C29H29FO6/c1-29(2)24-15-23(28(31)32)26(17-34-20-10-8-19(30)9-11-20)35-27(24)22-14-21(12-13-25(22)36-29)33-16-18-6-4-3-5-7-18/h3-14,23-24,26-27H,15-17H2,1-2H3,(H,31,32)/t23-,24-,26-,27+/m0/s1. The maximum absolute atomic E-state index is 13.3. The molecule has 0 saturated carbocycles. The normalized spacial score (nSPS) is 24.1. The van der Waals surface area contributed by atoms with Crippen LogP contribution in [0.4, 0.5) is 4.39 Å². The molecule has 188 valence electrons. The molecule has 2 heterocycles. The molecule has 3 aromatic carbocycles. The molecule has 5 rings (SSSR count). The summed E-state index contributed by atoms with van der Waals surface area (Å²) in [5.41, 5.74) is 1.27. The lowest BCUT2D eigenvalue weighted by Gasteiger charge is -2.50. The van der Waals surface area contributed by atoms with E-state index < -0.39 is 23.6 Å². The van der Waals surface area contributed by atoms with Crippen molar-refractivity contribution in [1.29, 1.82) is 0 Å². The van der Waals surface area contributed by atoms with Gasteiger partial charge in [0.2, 0.25) is 0 Å². The van der Waals surface area contributed by atoms with Crippen molar-refractivity contribution in [3.8, 4) is 17.2 Å². The molecule has 1 fully saturated rings. The highest BCUT2D eigenvalue weighted by molar-refractivity contribution is 5.71. The minimum absolute atomic E-state index is 0.0344. The molecule has 7 heteroatoms. The fraction of sp³-hybridized carbons (Fsp3) is 0.345. The highest BCUT2D eigenvalue weighted by atomic mass is 19.1. The average molecular weight is 493 g/mol. The van der Waals surface area contributed by atoms with Gasteiger partial charge in [-0.3, -0.25) is 4.79 Å². The molecule has 3 aromatic rings. The van der Waals surface area contributed by atoms with Gasteiger partial charge in [-0.2, -0.15) is 0 Å². The van der Waals surface area contributed by atoms with Gasteiger partial charge in [0.05, 0.1) is 12.0 Å². The molecular formula is C29H29FO6. The van der Waals surface area contributed by atoms with Crippen molar-refractivity contribution in [2.75, 3.05) is 6.61 Å². The minimum atomic E-state index is -0.942. The Morgan fingerprint density at radius 1 is 1.03 bits per heavy atom. The molecule has 0 amide bonds. The largest absolute Gasteiger partial charge is 0.491 e. The topological polar surface area (TPSA) is 74.2 Å².